The van der Waals surface area contributed by atoms with Crippen LogP contribution in [0.2, 0.25) is 0 Å². The zero-order valence-corrected chi connectivity index (χ0v) is 17.5. The van der Waals surface area contributed by atoms with Gasteiger partial charge < -0.3 is 9.64 Å². The molecule has 3 heterocycles. The fraction of sp³-hybridized carbons (Fsp3) is 0.286. The molecule has 8 heteroatoms. The first-order chi connectivity index (χ1) is 14.0. The third-order valence-electron chi connectivity index (χ3n) is 4.96. The lowest BCUT2D eigenvalue weighted by Gasteiger charge is -2.27. The molecule has 6 nitrogen and oxygen atoms in total. The predicted octanol–water partition coefficient (Wildman–Crippen LogP) is 3.71. The lowest BCUT2D eigenvalue weighted by atomic mass is 10.1. The molecule has 29 heavy (non-hydrogen) atoms. The normalized spacial score (nSPS) is 17.2. The molecule has 0 amide bonds. The maximum Gasteiger partial charge on any atom is 0.255 e. The highest BCUT2D eigenvalue weighted by molar-refractivity contribution is 9.10. The molecule has 1 aliphatic rings. The number of benzene rings is 1. The molecule has 0 aliphatic carbocycles. The molecule has 1 aromatic carbocycles. The van der Waals surface area contributed by atoms with Crippen LogP contribution in [-0.2, 0) is 11.8 Å². The van der Waals surface area contributed by atoms with Crippen LogP contribution in [0.1, 0.15) is 18.1 Å². The highest BCUT2D eigenvalue weighted by Gasteiger charge is 2.24. The van der Waals surface area contributed by atoms with Gasteiger partial charge in [-0.1, -0.05) is 28.1 Å². The van der Waals surface area contributed by atoms with Crippen molar-refractivity contribution in [3.8, 4) is 11.3 Å². The molecular weight excluding hydrogens is 439 g/mol. The molecule has 1 fully saturated rings. The van der Waals surface area contributed by atoms with E-state index >= 15 is 0 Å². The summed E-state index contributed by atoms with van der Waals surface area (Å²) in [6.07, 6.45) is 3.26. The number of rotatable bonds is 3. The molecule has 0 N–H and O–H groups in total. The Labute approximate surface area is 176 Å². The van der Waals surface area contributed by atoms with Crippen molar-refractivity contribution < 1.29 is 9.13 Å². The SMILES string of the molecule is Cn1c(N2CCCOC(c3ccc(Br)cc3)C2)nc(-c2ccncc2F)cc1=O. The first-order valence-corrected chi connectivity index (χ1v) is 10.1. The fourth-order valence-corrected chi connectivity index (χ4v) is 3.68. The maximum atomic E-state index is 14.2. The van der Waals surface area contributed by atoms with Crippen LogP contribution < -0.4 is 10.5 Å². The minimum atomic E-state index is -0.508. The van der Waals surface area contributed by atoms with Crippen molar-refractivity contribution in [3.63, 3.8) is 0 Å². The van der Waals surface area contributed by atoms with Gasteiger partial charge in [-0.05, 0) is 30.2 Å². The smallest absolute Gasteiger partial charge is 0.255 e. The summed E-state index contributed by atoms with van der Waals surface area (Å²) in [4.78, 5) is 23.0. The maximum absolute atomic E-state index is 14.2. The van der Waals surface area contributed by atoms with Gasteiger partial charge in [-0.15, -0.1) is 0 Å². The Morgan fingerprint density at radius 2 is 2.03 bits per heavy atom. The van der Waals surface area contributed by atoms with Gasteiger partial charge in [0, 0.05) is 42.5 Å². The van der Waals surface area contributed by atoms with E-state index in [0.29, 0.717) is 31.3 Å². The standard InChI is InChI=1S/C21H20BrFN4O2/c1-26-20(28)11-18(16-7-8-24-12-17(16)23)25-21(26)27-9-2-10-29-19(13-27)14-3-5-15(22)6-4-14/h3-8,11-12,19H,2,9-10,13H2,1H3. The van der Waals surface area contributed by atoms with Crippen LogP contribution >= 0.6 is 15.9 Å². The summed E-state index contributed by atoms with van der Waals surface area (Å²) in [7, 11) is 1.68. The number of hydrogen-bond donors (Lipinski definition) is 0. The van der Waals surface area contributed by atoms with E-state index < -0.39 is 5.82 Å². The number of nitrogens with zero attached hydrogens (tertiary/aromatic N) is 4. The second kappa shape index (κ2) is 8.42. The summed E-state index contributed by atoms with van der Waals surface area (Å²) in [5, 5.41) is 0. The van der Waals surface area contributed by atoms with E-state index in [-0.39, 0.29) is 17.2 Å². The Bertz CT molecular complexity index is 1070. The van der Waals surface area contributed by atoms with Crippen molar-refractivity contribution in [1.29, 1.82) is 0 Å². The van der Waals surface area contributed by atoms with Crippen LogP contribution in [0.3, 0.4) is 0 Å². The molecule has 3 aromatic rings. The van der Waals surface area contributed by atoms with Gasteiger partial charge in [0.05, 0.1) is 18.4 Å². The summed E-state index contributed by atoms with van der Waals surface area (Å²) in [5.74, 6) is -0.0116. The van der Waals surface area contributed by atoms with Gasteiger partial charge >= 0.3 is 0 Å². The first kappa shape index (κ1) is 19.7. The lowest BCUT2D eigenvalue weighted by molar-refractivity contribution is 0.0685. The zero-order chi connectivity index (χ0) is 20.4. The molecule has 1 aliphatic heterocycles. The Morgan fingerprint density at radius 1 is 1.24 bits per heavy atom. The van der Waals surface area contributed by atoms with E-state index in [1.807, 2.05) is 29.2 Å². The summed E-state index contributed by atoms with van der Waals surface area (Å²) in [5.41, 5.74) is 1.37. The Morgan fingerprint density at radius 3 is 2.79 bits per heavy atom. The minimum Gasteiger partial charge on any atom is -0.372 e. The van der Waals surface area contributed by atoms with Crippen molar-refractivity contribution >= 4 is 21.9 Å². The molecule has 0 radical (unpaired) electrons. The van der Waals surface area contributed by atoms with Crippen LogP contribution in [0.5, 0.6) is 0 Å². The molecule has 1 unspecified atom stereocenters. The van der Waals surface area contributed by atoms with Crippen molar-refractivity contribution in [2.24, 2.45) is 7.05 Å². The topological polar surface area (TPSA) is 60.2 Å². The Kier molecular flexibility index (Phi) is 5.73. The number of hydrogen-bond acceptors (Lipinski definition) is 5. The molecule has 0 saturated carbocycles. The largest absolute Gasteiger partial charge is 0.372 e. The zero-order valence-electron chi connectivity index (χ0n) is 15.9. The number of aromatic nitrogens is 3. The van der Waals surface area contributed by atoms with E-state index in [4.69, 9.17) is 4.74 Å². The van der Waals surface area contributed by atoms with Crippen LogP contribution in [-0.4, -0.2) is 34.2 Å². The molecule has 0 spiro atoms. The third-order valence-corrected chi connectivity index (χ3v) is 5.49. The van der Waals surface area contributed by atoms with Crippen molar-refractivity contribution in [2.75, 3.05) is 24.6 Å². The number of halogens is 2. The van der Waals surface area contributed by atoms with Crippen molar-refractivity contribution in [1.82, 2.24) is 14.5 Å². The monoisotopic (exact) mass is 458 g/mol. The van der Waals surface area contributed by atoms with E-state index in [1.54, 1.807) is 7.05 Å². The molecule has 1 saturated heterocycles. The van der Waals surface area contributed by atoms with Crippen LogP contribution in [0, 0.1) is 5.82 Å². The summed E-state index contributed by atoms with van der Waals surface area (Å²) >= 11 is 3.45. The summed E-state index contributed by atoms with van der Waals surface area (Å²) in [6, 6.07) is 10.9. The van der Waals surface area contributed by atoms with Crippen LogP contribution in [0.25, 0.3) is 11.3 Å². The molecular formula is C21H20BrFN4O2. The molecule has 4 rings (SSSR count). The number of pyridine rings is 1. The highest BCUT2D eigenvalue weighted by Crippen LogP contribution is 2.27. The average Bonchev–Trinajstić information content (AvgIpc) is 2.97. The van der Waals surface area contributed by atoms with Gasteiger partial charge in [-0.25, -0.2) is 9.37 Å². The molecule has 1 atom stereocenters. The van der Waals surface area contributed by atoms with Gasteiger partial charge in [0.25, 0.3) is 5.56 Å². The summed E-state index contributed by atoms with van der Waals surface area (Å²) < 4.78 is 22.8. The number of ether oxygens (including phenoxy) is 1. The van der Waals surface area contributed by atoms with E-state index in [2.05, 4.69) is 25.9 Å². The molecule has 150 valence electrons. The van der Waals surface area contributed by atoms with Crippen LogP contribution in [0.15, 0.2) is 58.1 Å². The van der Waals surface area contributed by atoms with Crippen molar-refractivity contribution in [3.05, 3.63) is 75.0 Å². The summed E-state index contributed by atoms with van der Waals surface area (Å²) in [6.45, 7) is 1.85. The molecule has 2 aromatic heterocycles. The number of anilines is 1. The Balaban J connectivity index is 1.71. The van der Waals surface area contributed by atoms with Crippen molar-refractivity contribution in [2.45, 2.75) is 12.5 Å². The van der Waals surface area contributed by atoms with Gasteiger partial charge in [-0.2, -0.15) is 0 Å². The minimum absolute atomic E-state index is 0.149. The van der Waals surface area contributed by atoms with Crippen LogP contribution in [0.4, 0.5) is 10.3 Å². The van der Waals surface area contributed by atoms with E-state index in [9.17, 15) is 9.18 Å². The van der Waals surface area contributed by atoms with Gasteiger partial charge in [0.2, 0.25) is 5.95 Å². The second-order valence-electron chi connectivity index (χ2n) is 6.90. The van der Waals surface area contributed by atoms with E-state index in [1.165, 1.54) is 22.9 Å². The van der Waals surface area contributed by atoms with Gasteiger partial charge in [-0.3, -0.25) is 14.3 Å². The Hall–Kier alpha value is -2.58. The first-order valence-electron chi connectivity index (χ1n) is 9.33. The van der Waals surface area contributed by atoms with E-state index in [0.717, 1.165) is 22.7 Å². The second-order valence-corrected chi connectivity index (χ2v) is 7.82. The third kappa shape index (κ3) is 4.23. The molecule has 0 bridgehead atoms. The average molecular weight is 459 g/mol. The van der Waals surface area contributed by atoms with Gasteiger partial charge in [0.1, 0.15) is 6.10 Å². The van der Waals surface area contributed by atoms with Gasteiger partial charge in [0.15, 0.2) is 5.82 Å². The highest BCUT2D eigenvalue weighted by atomic mass is 79.9. The fourth-order valence-electron chi connectivity index (χ4n) is 3.42. The lowest BCUT2D eigenvalue weighted by Crippen LogP contribution is -2.34. The quantitative estimate of drug-likeness (QED) is 0.598. The predicted molar refractivity (Wildman–Crippen MR) is 112 cm³/mol.